The molecule has 174 valence electrons. The molecular weight excluding hydrogens is 434 g/mol. The van der Waals surface area contributed by atoms with E-state index in [9.17, 15) is 18.0 Å². The van der Waals surface area contributed by atoms with Gasteiger partial charge >= 0.3 is 0 Å². The Bertz CT molecular complexity index is 1050. The van der Waals surface area contributed by atoms with Gasteiger partial charge in [-0.05, 0) is 50.6 Å². The lowest BCUT2D eigenvalue weighted by molar-refractivity contribution is 0.0934. The lowest BCUT2D eigenvalue weighted by atomic mass is 10.1. The molecule has 3 N–H and O–H groups in total. The van der Waals surface area contributed by atoms with Gasteiger partial charge in [0.1, 0.15) is 5.75 Å². The Hall–Kier alpha value is -3.11. The van der Waals surface area contributed by atoms with E-state index < -0.39 is 21.8 Å². The van der Waals surface area contributed by atoms with Crippen molar-refractivity contribution < 1.29 is 27.5 Å². The van der Waals surface area contributed by atoms with Gasteiger partial charge in [-0.25, -0.2) is 8.42 Å². The van der Waals surface area contributed by atoms with E-state index in [0.29, 0.717) is 19.6 Å². The largest absolute Gasteiger partial charge is 0.496 e. The molecule has 32 heavy (non-hydrogen) atoms. The number of nitrogens with one attached hydrogen (secondary N) is 3. The van der Waals surface area contributed by atoms with Gasteiger partial charge in [-0.15, -0.1) is 0 Å². The number of amides is 2. The number of carbonyl (C=O) groups is 2. The fourth-order valence-electron chi connectivity index (χ4n) is 2.86. The molecule has 2 rings (SSSR count). The Morgan fingerprint density at radius 1 is 1.00 bits per heavy atom. The molecule has 0 fully saturated rings. The molecule has 2 amide bonds. The van der Waals surface area contributed by atoms with E-state index in [0.717, 1.165) is 0 Å². The molecule has 0 atom stereocenters. The van der Waals surface area contributed by atoms with Crippen molar-refractivity contribution in [2.45, 2.75) is 31.2 Å². The topological polar surface area (TPSA) is 123 Å². The molecule has 2 aromatic rings. The van der Waals surface area contributed by atoms with Gasteiger partial charge in [0.05, 0.1) is 28.8 Å². The monoisotopic (exact) mass is 463 g/mol. The van der Waals surface area contributed by atoms with Gasteiger partial charge in [-0.3, -0.25) is 14.3 Å². The third-order valence-electron chi connectivity index (χ3n) is 4.37. The number of ether oxygens (including phenoxy) is 2. The number of carbonyl (C=O) groups excluding carboxylic acids is 2. The fraction of sp³-hybridized carbons (Fsp3) is 0.364. The molecule has 0 saturated heterocycles. The standard InChI is InChI=1S/C22H29N3O6S/c1-15(2)24-22(27)18-14-16(10-11-20(18)31-4)32(28,29)25-19-9-6-5-8-17(19)21(26)23-12-7-13-30-3/h5-6,8-11,14-15,25H,7,12-13H2,1-4H3,(H,23,26)(H,24,27). The molecule has 9 nitrogen and oxygen atoms in total. The summed E-state index contributed by atoms with van der Waals surface area (Å²) in [6.45, 7) is 4.48. The summed E-state index contributed by atoms with van der Waals surface area (Å²) in [6.07, 6.45) is 0.628. The Labute approximate surface area is 188 Å². The van der Waals surface area contributed by atoms with Crippen molar-refractivity contribution in [1.29, 1.82) is 0 Å². The lowest BCUT2D eigenvalue weighted by Gasteiger charge is -2.15. The van der Waals surface area contributed by atoms with E-state index in [2.05, 4.69) is 15.4 Å². The van der Waals surface area contributed by atoms with Gasteiger partial charge in [0, 0.05) is 26.3 Å². The number of rotatable bonds is 11. The van der Waals surface area contributed by atoms with Crippen LogP contribution >= 0.6 is 0 Å². The Morgan fingerprint density at radius 2 is 1.72 bits per heavy atom. The van der Waals surface area contributed by atoms with Gasteiger partial charge in [0.2, 0.25) is 0 Å². The van der Waals surface area contributed by atoms with Crippen molar-refractivity contribution in [2.24, 2.45) is 0 Å². The minimum absolute atomic E-state index is 0.0910. The first-order valence-electron chi connectivity index (χ1n) is 10.1. The molecule has 2 aromatic carbocycles. The maximum Gasteiger partial charge on any atom is 0.261 e. The van der Waals surface area contributed by atoms with Crippen LogP contribution in [0, 0.1) is 0 Å². The van der Waals surface area contributed by atoms with Crippen LogP contribution < -0.4 is 20.1 Å². The second kappa shape index (κ2) is 11.5. The molecule has 0 aliphatic carbocycles. The van der Waals surface area contributed by atoms with Gasteiger partial charge in [0.25, 0.3) is 21.8 Å². The van der Waals surface area contributed by atoms with Crippen molar-refractivity contribution in [3.05, 3.63) is 53.6 Å². The predicted molar refractivity (Wildman–Crippen MR) is 122 cm³/mol. The van der Waals surface area contributed by atoms with Crippen LogP contribution in [0.3, 0.4) is 0 Å². The average Bonchev–Trinajstić information content (AvgIpc) is 2.75. The highest BCUT2D eigenvalue weighted by Gasteiger charge is 2.22. The summed E-state index contributed by atoms with van der Waals surface area (Å²) >= 11 is 0. The van der Waals surface area contributed by atoms with Crippen LogP contribution in [0.1, 0.15) is 41.0 Å². The molecule has 0 bridgehead atoms. The molecule has 0 radical (unpaired) electrons. The highest BCUT2D eigenvalue weighted by atomic mass is 32.2. The molecular formula is C22H29N3O6S. The van der Waals surface area contributed by atoms with Crippen molar-refractivity contribution >= 4 is 27.5 Å². The number of anilines is 1. The lowest BCUT2D eigenvalue weighted by Crippen LogP contribution is -2.30. The normalized spacial score (nSPS) is 11.2. The van der Waals surface area contributed by atoms with Crippen molar-refractivity contribution in [3.63, 3.8) is 0 Å². The molecule has 0 aliphatic rings. The highest BCUT2D eigenvalue weighted by Crippen LogP contribution is 2.25. The van der Waals surface area contributed by atoms with Crippen LogP contribution in [-0.2, 0) is 14.8 Å². The minimum atomic E-state index is -4.09. The summed E-state index contributed by atoms with van der Waals surface area (Å²) in [7, 11) is -1.12. The molecule has 0 saturated carbocycles. The molecule has 0 unspecified atom stereocenters. The second-order valence-corrected chi connectivity index (χ2v) is 8.93. The predicted octanol–water partition coefficient (Wildman–Crippen LogP) is 2.40. The van der Waals surface area contributed by atoms with Crippen LogP contribution in [0.25, 0.3) is 0 Å². The number of hydrogen-bond donors (Lipinski definition) is 3. The molecule has 0 aromatic heterocycles. The summed E-state index contributed by atoms with van der Waals surface area (Å²) in [4.78, 5) is 24.9. The number of benzene rings is 2. The number of sulfonamides is 1. The first-order valence-corrected chi connectivity index (χ1v) is 11.6. The Balaban J connectivity index is 2.31. The van der Waals surface area contributed by atoms with Crippen LogP contribution in [-0.4, -0.2) is 53.6 Å². The smallest absolute Gasteiger partial charge is 0.261 e. The minimum Gasteiger partial charge on any atom is -0.496 e. The SMILES string of the molecule is COCCCNC(=O)c1ccccc1NS(=O)(=O)c1ccc(OC)c(C(=O)NC(C)C)c1. The van der Waals surface area contributed by atoms with E-state index in [4.69, 9.17) is 9.47 Å². The second-order valence-electron chi connectivity index (χ2n) is 7.24. The zero-order valence-electron chi connectivity index (χ0n) is 18.6. The first-order chi connectivity index (χ1) is 15.2. The van der Waals surface area contributed by atoms with E-state index in [1.54, 1.807) is 33.1 Å². The van der Waals surface area contributed by atoms with Gasteiger partial charge in [-0.1, -0.05) is 12.1 Å². The average molecular weight is 464 g/mol. The number of para-hydroxylation sites is 1. The summed E-state index contributed by atoms with van der Waals surface area (Å²) in [5, 5.41) is 5.45. The third-order valence-corrected chi connectivity index (χ3v) is 5.74. The van der Waals surface area contributed by atoms with Crippen molar-refractivity contribution in [3.8, 4) is 5.75 Å². The molecule has 10 heteroatoms. The fourth-order valence-corrected chi connectivity index (χ4v) is 3.96. The van der Waals surface area contributed by atoms with E-state index >= 15 is 0 Å². The van der Waals surface area contributed by atoms with Gasteiger partial charge < -0.3 is 20.1 Å². The van der Waals surface area contributed by atoms with Crippen LogP contribution in [0.2, 0.25) is 0 Å². The maximum atomic E-state index is 13.0. The van der Waals surface area contributed by atoms with E-state index in [1.807, 2.05) is 0 Å². The van der Waals surface area contributed by atoms with E-state index in [-0.39, 0.29) is 33.5 Å². The Morgan fingerprint density at radius 3 is 2.38 bits per heavy atom. The highest BCUT2D eigenvalue weighted by molar-refractivity contribution is 7.92. The van der Waals surface area contributed by atoms with Gasteiger partial charge in [-0.2, -0.15) is 0 Å². The summed E-state index contributed by atoms with van der Waals surface area (Å²) in [5.41, 5.74) is 0.397. The molecule has 0 spiro atoms. The van der Waals surface area contributed by atoms with Gasteiger partial charge in [0.15, 0.2) is 0 Å². The molecule has 0 aliphatic heterocycles. The number of hydrogen-bond acceptors (Lipinski definition) is 6. The van der Waals surface area contributed by atoms with Crippen molar-refractivity contribution in [1.82, 2.24) is 10.6 Å². The van der Waals surface area contributed by atoms with Crippen LogP contribution in [0.4, 0.5) is 5.69 Å². The Kier molecular flexibility index (Phi) is 9.03. The molecule has 0 heterocycles. The first kappa shape index (κ1) is 25.2. The van der Waals surface area contributed by atoms with Crippen LogP contribution in [0.15, 0.2) is 47.4 Å². The third kappa shape index (κ3) is 6.69. The quantitative estimate of drug-likeness (QED) is 0.440. The van der Waals surface area contributed by atoms with Crippen LogP contribution in [0.5, 0.6) is 5.75 Å². The zero-order valence-corrected chi connectivity index (χ0v) is 19.4. The summed E-state index contributed by atoms with van der Waals surface area (Å²) < 4.78 is 38.7. The zero-order chi connectivity index (χ0) is 23.7. The maximum absolute atomic E-state index is 13.0. The summed E-state index contributed by atoms with van der Waals surface area (Å²) in [5.74, 6) is -0.617. The number of methoxy groups -OCH3 is 2. The summed E-state index contributed by atoms with van der Waals surface area (Å²) in [6, 6.07) is 10.1. The van der Waals surface area contributed by atoms with Crippen molar-refractivity contribution in [2.75, 3.05) is 32.1 Å². The van der Waals surface area contributed by atoms with E-state index in [1.165, 1.54) is 37.4 Å².